The number of hydrogen-bond donors (Lipinski definition) is 3. The molecule has 0 fully saturated rings. The molecule has 2 aromatic rings. The molecule has 0 spiro atoms. The first-order chi connectivity index (χ1) is 11.7. The summed E-state index contributed by atoms with van der Waals surface area (Å²) in [7, 11) is 0. The molecule has 5 nitrogen and oxygen atoms in total. The fourth-order valence-electron chi connectivity index (χ4n) is 2.31. The van der Waals surface area contributed by atoms with Gasteiger partial charge in [-0.2, -0.15) is 13.2 Å². The van der Waals surface area contributed by atoms with Crippen molar-refractivity contribution >= 4 is 27.4 Å². The van der Waals surface area contributed by atoms with E-state index in [9.17, 15) is 18.3 Å². The van der Waals surface area contributed by atoms with Crippen molar-refractivity contribution in [1.29, 1.82) is 0 Å². The molecule has 25 heavy (non-hydrogen) atoms. The van der Waals surface area contributed by atoms with Gasteiger partial charge in [0.2, 0.25) is 0 Å². The molecule has 0 saturated carbocycles. The van der Waals surface area contributed by atoms with Gasteiger partial charge in [0.25, 0.3) is 0 Å². The molecule has 0 aliphatic carbocycles. The lowest BCUT2D eigenvalue weighted by atomic mass is 9.96. The zero-order valence-electron chi connectivity index (χ0n) is 12.8. The van der Waals surface area contributed by atoms with E-state index in [1.165, 1.54) is 24.3 Å². The van der Waals surface area contributed by atoms with Gasteiger partial charge in [-0.1, -0.05) is 18.2 Å². The monoisotopic (exact) mass is 414 g/mol. The maximum atomic E-state index is 13.3. The number of pyridine rings is 1. The molecule has 2 unspecified atom stereocenters. The Balaban J connectivity index is 2.48. The van der Waals surface area contributed by atoms with Crippen LogP contribution in [-0.2, 0) is 6.18 Å². The van der Waals surface area contributed by atoms with Gasteiger partial charge in [-0.15, -0.1) is 0 Å². The average Bonchev–Trinajstić information content (AvgIpc) is 2.56. The van der Waals surface area contributed by atoms with E-state index < -0.39 is 24.0 Å². The van der Waals surface area contributed by atoms with Crippen molar-refractivity contribution in [3.63, 3.8) is 0 Å². The van der Waals surface area contributed by atoms with E-state index >= 15 is 0 Å². The van der Waals surface area contributed by atoms with Gasteiger partial charge >= 0.3 is 12.4 Å². The Hall–Kier alpha value is -2.31. The van der Waals surface area contributed by atoms with Crippen LogP contribution in [-0.4, -0.2) is 16.3 Å². The molecule has 0 amide bonds. The van der Waals surface area contributed by atoms with Crippen LogP contribution >= 0.6 is 15.9 Å². The normalized spacial score (nSPS) is 13.8. The Kier molecular flexibility index (Phi) is 5.87. The Bertz CT molecular complexity index is 792. The number of hydrogen-bond acceptors (Lipinski definition) is 4. The van der Waals surface area contributed by atoms with Crippen molar-refractivity contribution in [2.45, 2.75) is 24.9 Å². The van der Waals surface area contributed by atoms with Crippen molar-refractivity contribution in [2.75, 3.05) is 11.1 Å². The van der Waals surface area contributed by atoms with Gasteiger partial charge in [-0.25, -0.2) is 11.6 Å². The van der Waals surface area contributed by atoms with Crippen LogP contribution in [0.5, 0.6) is 0 Å². The number of alkyl halides is 3. The van der Waals surface area contributed by atoms with Crippen molar-refractivity contribution in [3.05, 3.63) is 63.5 Å². The molecule has 0 aliphatic rings. The molecule has 1 aromatic heterocycles. The predicted molar refractivity (Wildman–Crippen MR) is 91.4 cm³/mol. The maximum Gasteiger partial charge on any atom is 0.416 e. The summed E-state index contributed by atoms with van der Waals surface area (Å²) in [5, 5.41) is 12.5. The van der Waals surface area contributed by atoms with Gasteiger partial charge in [0.15, 0.2) is 5.82 Å². The summed E-state index contributed by atoms with van der Waals surface area (Å²) in [6.07, 6.45) is -6.30. The minimum Gasteiger partial charge on any atom is -0.396 e. The third-order valence-corrected chi connectivity index (χ3v) is 3.88. The van der Waals surface area contributed by atoms with Crippen LogP contribution in [0.4, 0.5) is 24.7 Å². The Morgan fingerprint density at radius 1 is 1.28 bits per heavy atom. The summed E-state index contributed by atoms with van der Waals surface area (Å²) in [5.41, 5.74) is 5.10. The first-order valence-electron chi connectivity index (χ1n) is 7.11. The topological polar surface area (TPSA) is 75.5 Å². The number of nitrogen functional groups attached to an aromatic ring is 1. The van der Waals surface area contributed by atoms with Crippen molar-refractivity contribution < 1.29 is 18.3 Å². The number of nitrogens with zero attached hydrogens (tertiary/aromatic N) is 2. The fourth-order valence-corrected chi connectivity index (χ4v) is 2.62. The first kappa shape index (κ1) is 19.0. The summed E-state index contributed by atoms with van der Waals surface area (Å²) in [6, 6.07) is 7.11. The fraction of sp³-hybridized carbons (Fsp3) is 0.250. The van der Waals surface area contributed by atoms with Crippen LogP contribution in [0.1, 0.15) is 23.6 Å². The van der Waals surface area contributed by atoms with Gasteiger partial charge in [0.1, 0.15) is 4.60 Å². The highest BCUT2D eigenvalue weighted by Gasteiger charge is 2.36. The zero-order valence-corrected chi connectivity index (χ0v) is 14.3. The summed E-state index contributed by atoms with van der Waals surface area (Å²) >= 11 is 3.17. The third kappa shape index (κ3) is 4.84. The lowest BCUT2D eigenvalue weighted by Crippen LogP contribution is -2.21. The third-order valence-electron chi connectivity index (χ3n) is 3.44. The number of nitrogens with one attached hydrogen (secondary N) is 1. The molecule has 132 valence electrons. The smallest absolute Gasteiger partial charge is 0.396 e. The van der Waals surface area contributed by atoms with Gasteiger partial charge in [-0.05, 0) is 39.7 Å². The summed E-state index contributed by atoms with van der Waals surface area (Å²) < 4.78 is 40.4. The van der Waals surface area contributed by atoms with Gasteiger partial charge < -0.3 is 16.2 Å². The number of halogens is 4. The molecule has 2 atom stereocenters. The minimum atomic E-state index is -4.57. The molecule has 0 bridgehead atoms. The molecule has 0 saturated heterocycles. The molecular weight excluding hydrogens is 401 g/mol. The van der Waals surface area contributed by atoms with E-state index in [4.69, 9.17) is 12.3 Å². The SMILES string of the molecule is [C-]#[N+]C(O)CC(Nc1nc(Br)ccc1N)c1ccccc1C(F)(F)F. The molecule has 1 heterocycles. The van der Waals surface area contributed by atoms with Crippen LogP contribution in [0.15, 0.2) is 41.0 Å². The van der Waals surface area contributed by atoms with Crippen LogP contribution < -0.4 is 11.1 Å². The standard InChI is InChI=1S/C16H14BrF3N4O/c1-22-14(25)8-12(23-15-11(21)6-7-13(17)24-15)9-4-2-3-5-10(9)16(18,19)20/h2-7,12,14,25H,8,21H2,(H,23,24). The van der Waals surface area contributed by atoms with Crippen molar-refractivity contribution in [1.82, 2.24) is 4.98 Å². The number of benzene rings is 1. The highest BCUT2D eigenvalue weighted by Crippen LogP contribution is 2.37. The van der Waals surface area contributed by atoms with Crippen molar-refractivity contribution in [3.8, 4) is 0 Å². The van der Waals surface area contributed by atoms with Gasteiger partial charge in [0, 0.05) is 0 Å². The Morgan fingerprint density at radius 3 is 2.60 bits per heavy atom. The number of aliphatic hydroxyl groups excluding tert-OH is 1. The maximum absolute atomic E-state index is 13.3. The van der Waals surface area contributed by atoms with Gasteiger partial charge in [-0.3, -0.25) is 4.85 Å². The minimum absolute atomic E-state index is 0.0983. The second-order valence-corrected chi connectivity index (χ2v) is 6.01. The van der Waals surface area contributed by atoms with E-state index in [-0.39, 0.29) is 23.5 Å². The molecule has 2 rings (SSSR count). The number of nitrogens with two attached hydrogens (primary N) is 1. The Labute approximate surface area is 150 Å². The van der Waals surface area contributed by atoms with Crippen LogP contribution in [0, 0.1) is 6.57 Å². The predicted octanol–water partition coefficient (Wildman–Crippen LogP) is 4.23. The second-order valence-electron chi connectivity index (χ2n) is 5.20. The van der Waals surface area contributed by atoms with E-state index in [1.807, 2.05) is 0 Å². The van der Waals surface area contributed by atoms with E-state index in [0.717, 1.165) is 6.07 Å². The van der Waals surface area contributed by atoms with E-state index in [2.05, 4.69) is 31.1 Å². The summed E-state index contributed by atoms with van der Waals surface area (Å²) in [4.78, 5) is 7.05. The lowest BCUT2D eigenvalue weighted by molar-refractivity contribution is -0.138. The highest BCUT2D eigenvalue weighted by molar-refractivity contribution is 9.10. The molecule has 9 heteroatoms. The Morgan fingerprint density at radius 2 is 1.96 bits per heavy atom. The van der Waals surface area contributed by atoms with Gasteiger partial charge in [0.05, 0.1) is 23.7 Å². The zero-order chi connectivity index (χ0) is 18.6. The van der Waals surface area contributed by atoms with Crippen molar-refractivity contribution in [2.24, 2.45) is 0 Å². The van der Waals surface area contributed by atoms with E-state index in [0.29, 0.717) is 4.60 Å². The first-order valence-corrected chi connectivity index (χ1v) is 7.91. The number of aromatic nitrogens is 1. The van der Waals surface area contributed by atoms with Crippen LogP contribution in [0.25, 0.3) is 4.85 Å². The molecular formula is C16H14BrF3N4O. The molecule has 0 aliphatic heterocycles. The quantitative estimate of drug-likeness (QED) is 0.505. The molecule has 0 radical (unpaired) electrons. The number of rotatable bonds is 5. The molecule has 1 aromatic carbocycles. The average molecular weight is 415 g/mol. The summed E-state index contributed by atoms with van der Waals surface area (Å²) in [5.74, 6) is 0.161. The van der Waals surface area contributed by atoms with Crippen LogP contribution in [0.2, 0.25) is 0 Å². The van der Waals surface area contributed by atoms with E-state index in [1.54, 1.807) is 6.07 Å². The lowest BCUT2D eigenvalue weighted by Gasteiger charge is -2.23. The summed E-state index contributed by atoms with van der Waals surface area (Å²) in [6.45, 7) is 6.87. The van der Waals surface area contributed by atoms with Crippen LogP contribution in [0.3, 0.4) is 0 Å². The molecule has 4 N–H and O–H groups in total. The largest absolute Gasteiger partial charge is 0.416 e. The number of aliphatic hydroxyl groups is 1. The second kappa shape index (κ2) is 7.72. The number of anilines is 2. The highest BCUT2D eigenvalue weighted by atomic mass is 79.9.